The van der Waals surface area contributed by atoms with Gasteiger partial charge in [0.2, 0.25) is 0 Å². The van der Waals surface area contributed by atoms with E-state index in [9.17, 15) is 15.0 Å². The summed E-state index contributed by atoms with van der Waals surface area (Å²) in [5.41, 5.74) is 1.65. The Morgan fingerprint density at radius 2 is 2.15 bits per heavy atom. The van der Waals surface area contributed by atoms with Gasteiger partial charge in [0.05, 0.1) is 24.9 Å². The zero-order chi connectivity index (χ0) is 23.9. The number of likely N-dealkylation sites (tertiary alicyclic amines) is 1. The number of aryl methyl sites for hydroxylation is 1. The van der Waals surface area contributed by atoms with Crippen molar-refractivity contribution in [2.45, 2.75) is 44.6 Å². The summed E-state index contributed by atoms with van der Waals surface area (Å²) >= 11 is 0. The van der Waals surface area contributed by atoms with E-state index < -0.39 is 12.1 Å². The van der Waals surface area contributed by atoms with Crippen molar-refractivity contribution in [3.05, 3.63) is 54.4 Å². The minimum absolute atomic E-state index is 0.0782. The van der Waals surface area contributed by atoms with Crippen LogP contribution in [0.3, 0.4) is 0 Å². The summed E-state index contributed by atoms with van der Waals surface area (Å²) in [6, 6.07) is 7.52. The summed E-state index contributed by atoms with van der Waals surface area (Å²) in [6.07, 6.45) is 8.51. The van der Waals surface area contributed by atoms with Crippen LogP contribution in [-0.4, -0.2) is 57.8 Å². The molecule has 34 heavy (non-hydrogen) atoms. The molecule has 1 saturated heterocycles. The molecule has 0 bridgehead atoms. The average Bonchev–Trinajstić information content (AvgIpc) is 3.36. The third-order valence-electron chi connectivity index (χ3n) is 6.91. The minimum atomic E-state index is -0.760. The fraction of sp³-hybridized carbons (Fsp3) is 0.500. The van der Waals surface area contributed by atoms with E-state index >= 15 is 0 Å². The van der Waals surface area contributed by atoms with E-state index in [4.69, 9.17) is 9.15 Å². The van der Waals surface area contributed by atoms with Crippen molar-refractivity contribution in [1.29, 1.82) is 0 Å². The molecule has 8 nitrogen and oxygen atoms in total. The number of aliphatic carboxylic acids is 1. The van der Waals surface area contributed by atoms with Crippen LogP contribution in [0, 0.1) is 11.8 Å². The van der Waals surface area contributed by atoms with E-state index in [-0.39, 0.29) is 18.3 Å². The Morgan fingerprint density at radius 3 is 2.91 bits per heavy atom. The number of rotatable bonds is 11. The molecule has 182 valence electrons. The monoisotopic (exact) mass is 467 g/mol. The Hall–Kier alpha value is -2.97. The van der Waals surface area contributed by atoms with Gasteiger partial charge in [-0.25, -0.2) is 4.98 Å². The number of hydrogen-bond donors (Lipinski definition) is 2. The number of aromatic nitrogens is 2. The van der Waals surface area contributed by atoms with Gasteiger partial charge in [-0.1, -0.05) is 0 Å². The molecule has 0 spiro atoms. The molecule has 4 rings (SSSR count). The zero-order valence-corrected chi connectivity index (χ0v) is 19.6. The van der Waals surface area contributed by atoms with E-state index in [0.29, 0.717) is 6.42 Å². The van der Waals surface area contributed by atoms with Gasteiger partial charge in [-0.3, -0.25) is 9.78 Å². The normalized spacial score (nSPS) is 19.8. The van der Waals surface area contributed by atoms with Crippen LogP contribution in [0.15, 0.2) is 47.3 Å². The molecule has 2 N–H and O–H groups in total. The molecular weight excluding hydrogens is 434 g/mol. The molecule has 0 aliphatic carbocycles. The van der Waals surface area contributed by atoms with Gasteiger partial charge in [-0.05, 0) is 80.4 Å². The highest BCUT2D eigenvalue weighted by molar-refractivity contribution is 5.83. The first kappa shape index (κ1) is 24.2. The number of fused-ring (bicyclic) bond motifs is 1. The average molecular weight is 468 g/mol. The number of carboxylic acids is 1. The van der Waals surface area contributed by atoms with Crippen molar-refractivity contribution < 1.29 is 24.2 Å². The lowest BCUT2D eigenvalue weighted by Gasteiger charge is -2.38. The number of piperidine rings is 1. The number of nitrogens with zero attached hydrogens (tertiary/aromatic N) is 3. The van der Waals surface area contributed by atoms with Gasteiger partial charge in [0.25, 0.3) is 0 Å². The minimum Gasteiger partial charge on any atom is -0.497 e. The molecule has 3 atom stereocenters. The molecule has 8 heteroatoms. The molecule has 1 fully saturated rings. The lowest BCUT2D eigenvalue weighted by molar-refractivity contribution is -0.139. The number of methoxy groups -OCH3 is 1. The van der Waals surface area contributed by atoms with Gasteiger partial charge in [-0.2, -0.15) is 0 Å². The molecule has 1 aliphatic rings. The number of aliphatic hydroxyl groups is 1. The van der Waals surface area contributed by atoms with E-state index in [0.717, 1.165) is 73.4 Å². The number of ether oxygens (including phenoxy) is 1. The first-order valence-corrected chi connectivity index (χ1v) is 12.0. The molecule has 3 heterocycles. The van der Waals surface area contributed by atoms with Crippen molar-refractivity contribution in [3.63, 3.8) is 0 Å². The lowest BCUT2D eigenvalue weighted by Crippen LogP contribution is -2.42. The van der Waals surface area contributed by atoms with Crippen molar-refractivity contribution in [2.24, 2.45) is 11.8 Å². The van der Waals surface area contributed by atoms with Gasteiger partial charge >= 0.3 is 5.97 Å². The first-order chi connectivity index (χ1) is 16.5. The summed E-state index contributed by atoms with van der Waals surface area (Å²) < 4.78 is 10.6. The number of hydrogen-bond acceptors (Lipinski definition) is 7. The van der Waals surface area contributed by atoms with Crippen LogP contribution in [0.4, 0.5) is 0 Å². The molecule has 0 saturated carbocycles. The van der Waals surface area contributed by atoms with Gasteiger partial charge in [0.15, 0.2) is 5.89 Å². The molecule has 1 aromatic carbocycles. The second kappa shape index (κ2) is 11.4. The quantitative estimate of drug-likeness (QED) is 0.434. The predicted octanol–water partition coefficient (Wildman–Crippen LogP) is 4.09. The third kappa shape index (κ3) is 6.12. The Balaban J connectivity index is 1.35. The van der Waals surface area contributed by atoms with E-state index in [1.807, 2.05) is 24.3 Å². The maximum atomic E-state index is 11.5. The lowest BCUT2D eigenvalue weighted by atomic mass is 9.79. The van der Waals surface area contributed by atoms with E-state index in [1.165, 1.54) is 0 Å². The van der Waals surface area contributed by atoms with Crippen molar-refractivity contribution in [2.75, 3.05) is 26.7 Å². The van der Waals surface area contributed by atoms with Crippen LogP contribution >= 0.6 is 0 Å². The largest absolute Gasteiger partial charge is 0.497 e. The van der Waals surface area contributed by atoms with Gasteiger partial charge in [-0.15, -0.1) is 0 Å². The van der Waals surface area contributed by atoms with Crippen LogP contribution in [0.1, 0.15) is 49.7 Å². The van der Waals surface area contributed by atoms with Crippen LogP contribution in [-0.2, 0) is 11.2 Å². The summed E-state index contributed by atoms with van der Waals surface area (Å²) in [5, 5.41) is 21.4. The number of oxazole rings is 1. The topological polar surface area (TPSA) is 109 Å². The molecule has 0 radical (unpaired) electrons. The van der Waals surface area contributed by atoms with Crippen LogP contribution in [0.5, 0.6) is 5.75 Å². The highest BCUT2D eigenvalue weighted by Crippen LogP contribution is 2.34. The molecule has 0 unspecified atom stereocenters. The molecule has 2 aromatic heterocycles. The van der Waals surface area contributed by atoms with Crippen molar-refractivity contribution >= 4 is 16.9 Å². The third-order valence-corrected chi connectivity index (χ3v) is 6.91. The van der Waals surface area contributed by atoms with E-state index in [1.54, 1.807) is 25.8 Å². The molecule has 1 aliphatic heterocycles. The van der Waals surface area contributed by atoms with Gasteiger partial charge < -0.3 is 24.3 Å². The molecule has 0 amide bonds. The summed E-state index contributed by atoms with van der Waals surface area (Å²) in [6.45, 7) is 2.62. The van der Waals surface area contributed by atoms with Gasteiger partial charge in [0.1, 0.15) is 12.0 Å². The Kier molecular flexibility index (Phi) is 8.13. The SMILES string of the molecule is COc1ccc2nccc([C@H](O)CC[C@@H]3CCN(CCCc4ncco4)C[C@@H]3CC(=O)O)c2c1. The van der Waals surface area contributed by atoms with Crippen molar-refractivity contribution in [1.82, 2.24) is 14.9 Å². The van der Waals surface area contributed by atoms with Crippen LogP contribution < -0.4 is 4.74 Å². The Bertz CT molecular complexity index is 1070. The number of benzene rings is 1. The molecule has 3 aromatic rings. The highest BCUT2D eigenvalue weighted by Gasteiger charge is 2.31. The van der Waals surface area contributed by atoms with Crippen LogP contribution in [0.25, 0.3) is 10.9 Å². The number of pyridine rings is 1. The Labute approximate surface area is 199 Å². The summed E-state index contributed by atoms with van der Waals surface area (Å²) in [7, 11) is 1.62. The second-order valence-corrected chi connectivity index (χ2v) is 9.11. The number of aliphatic hydroxyl groups excluding tert-OH is 1. The zero-order valence-electron chi connectivity index (χ0n) is 19.6. The van der Waals surface area contributed by atoms with Crippen LogP contribution in [0.2, 0.25) is 0 Å². The summed E-state index contributed by atoms with van der Waals surface area (Å²) in [4.78, 5) is 22.5. The Morgan fingerprint density at radius 1 is 1.26 bits per heavy atom. The fourth-order valence-electron chi connectivity index (χ4n) is 5.12. The second-order valence-electron chi connectivity index (χ2n) is 9.11. The standard InChI is InChI=1S/C26H33N3O5/c1-33-20-5-6-23-22(16-20)21(8-10-27-23)24(30)7-4-18-9-13-29(17-19(18)15-26(31)32)12-2-3-25-28-11-14-34-25/h5-6,8,10-11,14,16,18-19,24,30H,2-4,7,9,12-13,15,17H2,1H3,(H,31,32)/t18-,19+,24-/m1/s1. The van der Waals surface area contributed by atoms with E-state index in [2.05, 4.69) is 14.9 Å². The fourth-order valence-corrected chi connectivity index (χ4v) is 5.12. The van der Waals surface area contributed by atoms with Gasteiger partial charge in [0, 0.05) is 31.0 Å². The molecular formula is C26H33N3O5. The maximum absolute atomic E-state index is 11.5. The number of carboxylic acid groups (broad SMARTS) is 1. The van der Waals surface area contributed by atoms with Crippen molar-refractivity contribution in [3.8, 4) is 5.75 Å². The summed E-state index contributed by atoms with van der Waals surface area (Å²) in [5.74, 6) is 1.06. The maximum Gasteiger partial charge on any atom is 0.303 e. The smallest absolute Gasteiger partial charge is 0.303 e. The highest BCUT2D eigenvalue weighted by atomic mass is 16.5. The predicted molar refractivity (Wildman–Crippen MR) is 128 cm³/mol. The number of carbonyl (C=O) groups is 1. The first-order valence-electron chi connectivity index (χ1n) is 12.0.